The van der Waals surface area contributed by atoms with Gasteiger partial charge in [-0.1, -0.05) is 76.8 Å². The Morgan fingerprint density at radius 2 is 1.40 bits per heavy atom. The zero-order chi connectivity index (χ0) is 40.8. The van der Waals surface area contributed by atoms with E-state index in [0.717, 1.165) is 6.42 Å². The first-order chi connectivity index (χ1) is 26.0. The summed E-state index contributed by atoms with van der Waals surface area (Å²) in [5, 5.41) is 21.6. The fourth-order valence-corrected chi connectivity index (χ4v) is 6.44. The summed E-state index contributed by atoms with van der Waals surface area (Å²) in [6, 6.07) is 4.06. The molecule has 1 aliphatic rings. The average molecular weight is 771 g/mol. The molecule has 0 saturated heterocycles. The van der Waals surface area contributed by atoms with Crippen LogP contribution in [0.3, 0.4) is 0 Å². The molecular formula is C38H48F2N6O9. The van der Waals surface area contributed by atoms with Crippen molar-refractivity contribution in [3.63, 3.8) is 0 Å². The predicted octanol–water partition coefficient (Wildman–Crippen LogP) is 2.19. The molecule has 17 heteroatoms. The molecule has 6 amide bonds. The number of aromatic carboxylic acids is 1. The van der Waals surface area contributed by atoms with Crippen LogP contribution in [-0.2, 0) is 28.8 Å². The van der Waals surface area contributed by atoms with E-state index in [1.165, 1.54) is 0 Å². The predicted molar refractivity (Wildman–Crippen MR) is 194 cm³/mol. The molecule has 8 N–H and O–H groups in total. The number of carboxylic acids is 1. The normalized spacial score (nSPS) is 15.1. The highest BCUT2D eigenvalue weighted by atomic mass is 19.1. The highest BCUT2D eigenvalue weighted by molar-refractivity contribution is 6.38. The number of hydrogen-bond donors (Lipinski definition) is 7. The van der Waals surface area contributed by atoms with Gasteiger partial charge in [-0.15, -0.1) is 0 Å². The molecule has 0 bridgehead atoms. The topological polar surface area (TPSA) is 243 Å². The summed E-state index contributed by atoms with van der Waals surface area (Å²) in [4.78, 5) is 103. The smallest absolute Gasteiger partial charge is 0.339 e. The zero-order valence-electron chi connectivity index (χ0n) is 30.9. The number of carboxylic acid groups (broad SMARTS) is 1. The van der Waals surface area contributed by atoms with Gasteiger partial charge in [0.2, 0.25) is 29.4 Å². The van der Waals surface area contributed by atoms with Crippen molar-refractivity contribution in [1.29, 1.82) is 0 Å². The number of primary amides is 1. The second-order valence-corrected chi connectivity index (χ2v) is 13.8. The van der Waals surface area contributed by atoms with Gasteiger partial charge in [0.05, 0.1) is 18.2 Å². The van der Waals surface area contributed by atoms with Crippen molar-refractivity contribution in [2.75, 3.05) is 6.54 Å². The van der Waals surface area contributed by atoms with Crippen molar-refractivity contribution in [1.82, 2.24) is 26.6 Å². The third-order valence-electron chi connectivity index (χ3n) is 9.14. The molecule has 3 rings (SSSR count). The van der Waals surface area contributed by atoms with Gasteiger partial charge in [-0.2, -0.15) is 0 Å². The number of amides is 6. The standard InChI is InChI=1S/C38H48F2N6O9/c1-4-11-25(32(48)37(53)42-19-27(47)45-30(33(41)49)21-12-7-5-8-13-21)43-34(50)26(18-20(2)3)44-36(52)31(22-14-9-6-10-15-22)46-35(51)28-23(39)16-17-24(40)29(28)38(54)55/h5,7-8,12-13,16-17,20,22,25-26,30-31H,4,6,9-11,14-15,18-19H2,1-3H3,(H2,41,49)(H,42,53)(H,43,50)(H,44,52)(H,45,47)(H,46,51)(H,54,55)/t25?,26-,30?,31-/m0/s1. The number of benzene rings is 2. The molecule has 2 aromatic carbocycles. The SMILES string of the molecule is CCCC(NC(=O)[C@H](CC(C)C)NC(=O)[C@@H](NC(=O)c1c(F)ccc(F)c1C(=O)O)C1CCCCC1)C(=O)C(=O)NCC(=O)NC(C(N)=O)c1ccccc1. The molecule has 15 nitrogen and oxygen atoms in total. The summed E-state index contributed by atoms with van der Waals surface area (Å²) >= 11 is 0. The van der Waals surface area contributed by atoms with Gasteiger partial charge in [0.25, 0.3) is 11.8 Å². The van der Waals surface area contributed by atoms with E-state index < -0.39 is 107 Å². The molecule has 0 aromatic heterocycles. The largest absolute Gasteiger partial charge is 0.478 e. The minimum Gasteiger partial charge on any atom is -0.478 e. The Bertz CT molecular complexity index is 1750. The summed E-state index contributed by atoms with van der Waals surface area (Å²) in [5.41, 5.74) is 3.54. The van der Waals surface area contributed by atoms with Crippen molar-refractivity contribution in [3.05, 3.63) is 70.8 Å². The molecule has 1 saturated carbocycles. The molecule has 2 aromatic rings. The minimum atomic E-state index is -1.89. The second kappa shape index (κ2) is 20.6. The Labute approximate surface area is 316 Å². The highest BCUT2D eigenvalue weighted by Crippen LogP contribution is 2.28. The first-order valence-corrected chi connectivity index (χ1v) is 18.1. The van der Waals surface area contributed by atoms with Gasteiger partial charge in [-0.3, -0.25) is 33.6 Å². The molecule has 2 unspecified atom stereocenters. The van der Waals surface area contributed by atoms with Crippen LogP contribution in [0, 0.1) is 23.5 Å². The molecule has 1 aliphatic carbocycles. The minimum absolute atomic E-state index is 0.0101. The Hall–Kier alpha value is -5.74. The number of nitrogens with two attached hydrogens (primary N) is 1. The lowest BCUT2D eigenvalue weighted by Gasteiger charge is -2.32. The third kappa shape index (κ3) is 12.4. The lowest BCUT2D eigenvalue weighted by Crippen LogP contribution is -2.58. The molecule has 1 fully saturated rings. The number of halogens is 2. The van der Waals surface area contributed by atoms with Gasteiger partial charge in [-0.05, 0) is 55.2 Å². The van der Waals surface area contributed by atoms with Crippen molar-refractivity contribution >= 4 is 47.2 Å². The van der Waals surface area contributed by atoms with E-state index in [1.54, 1.807) is 51.1 Å². The molecule has 4 atom stereocenters. The Balaban J connectivity index is 1.76. The number of carbonyl (C=O) groups is 8. The maximum Gasteiger partial charge on any atom is 0.339 e. The number of carbonyl (C=O) groups excluding carboxylic acids is 7. The Morgan fingerprint density at radius 1 is 0.800 bits per heavy atom. The molecule has 0 heterocycles. The summed E-state index contributed by atoms with van der Waals surface area (Å²) in [5.74, 6) is -12.2. The van der Waals surface area contributed by atoms with Gasteiger partial charge in [-0.25, -0.2) is 13.6 Å². The van der Waals surface area contributed by atoms with E-state index in [4.69, 9.17) is 5.73 Å². The quantitative estimate of drug-likeness (QED) is 0.103. The summed E-state index contributed by atoms with van der Waals surface area (Å²) in [6.07, 6.45) is 3.57. The van der Waals surface area contributed by atoms with Crippen LogP contribution in [0.25, 0.3) is 0 Å². The Morgan fingerprint density at radius 3 is 1.96 bits per heavy atom. The van der Waals surface area contributed by atoms with E-state index in [0.29, 0.717) is 49.8 Å². The summed E-state index contributed by atoms with van der Waals surface area (Å²) < 4.78 is 29.2. The van der Waals surface area contributed by atoms with Crippen molar-refractivity contribution in [2.24, 2.45) is 17.6 Å². The lowest BCUT2D eigenvalue weighted by molar-refractivity contribution is -0.141. The number of rotatable bonds is 19. The van der Waals surface area contributed by atoms with Gasteiger partial charge in [0, 0.05) is 0 Å². The number of nitrogens with one attached hydrogen (secondary N) is 5. The number of Topliss-reactive ketones (excluding diaryl/α,β-unsaturated/α-hetero) is 1. The van der Waals surface area contributed by atoms with Crippen molar-refractivity contribution in [3.8, 4) is 0 Å². The number of hydrogen-bond acceptors (Lipinski definition) is 8. The van der Waals surface area contributed by atoms with E-state index in [1.807, 2.05) is 0 Å². The average Bonchev–Trinajstić information content (AvgIpc) is 3.15. The van der Waals surface area contributed by atoms with Gasteiger partial charge >= 0.3 is 5.97 Å². The van der Waals surface area contributed by atoms with Crippen LogP contribution in [0.2, 0.25) is 0 Å². The first-order valence-electron chi connectivity index (χ1n) is 18.1. The lowest BCUT2D eigenvalue weighted by atomic mass is 9.83. The second-order valence-electron chi connectivity index (χ2n) is 13.8. The van der Waals surface area contributed by atoms with Gasteiger partial charge < -0.3 is 37.4 Å². The van der Waals surface area contributed by atoms with Crippen molar-refractivity contribution in [2.45, 2.75) is 96.3 Å². The van der Waals surface area contributed by atoms with Gasteiger partial charge in [0.1, 0.15) is 35.3 Å². The van der Waals surface area contributed by atoms with Crippen LogP contribution in [0.5, 0.6) is 0 Å². The summed E-state index contributed by atoms with van der Waals surface area (Å²) in [6.45, 7) is 4.54. The molecule has 55 heavy (non-hydrogen) atoms. The third-order valence-corrected chi connectivity index (χ3v) is 9.14. The van der Waals surface area contributed by atoms with Crippen LogP contribution in [0.4, 0.5) is 8.78 Å². The van der Waals surface area contributed by atoms with Crippen LogP contribution in [-0.4, -0.2) is 77.0 Å². The first kappa shape index (κ1) is 43.7. The fraction of sp³-hybridized carbons (Fsp3) is 0.474. The Kier molecular flexibility index (Phi) is 16.4. The molecule has 0 radical (unpaired) electrons. The van der Waals surface area contributed by atoms with Crippen LogP contribution < -0.4 is 32.3 Å². The van der Waals surface area contributed by atoms with E-state index in [-0.39, 0.29) is 18.8 Å². The van der Waals surface area contributed by atoms with Crippen LogP contribution >= 0.6 is 0 Å². The molecule has 298 valence electrons. The zero-order valence-corrected chi connectivity index (χ0v) is 30.9. The maximum atomic E-state index is 14.8. The summed E-state index contributed by atoms with van der Waals surface area (Å²) in [7, 11) is 0. The number of ketones is 1. The van der Waals surface area contributed by atoms with Gasteiger partial charge in [0.15, 0.2) is 0 Å². The fourth-order valence-electron chi connectivity index (χ4n) is 6.44. The van der Waals surface area contributed by atoms with E-state index in [9.17, 15) is 52.2 Å². The van der Waals surface area contributed by atoms with Crippen molar-refractivity contribution < 1.29 is 52.2 Å². The highest BCUT2D eigenvalue weighted by Gasteiger charge is 2.37. The van der Waals surface area contributed by atoms with Crippen LogP contribution in [0.15, 0.2) is 42.5 Å². The van der Waals surface area contributed by atoms with E-state index in [2.05, 4.69) is 26.6 Å². The van der Waals surface area contributed by atoms with E-state index >= 15 is 0 Å². The molecular weight excluding hydrogens is 722 g/mol. The molecule has 0 spiro atoms. The van der Waals surface area contributed by atoms with Crippen LogP contribution in [0.1, 0.15) is 104 Å². The monoisotopic (exact) mass is 770 g/mol. The maximum absolute atomic E-state index is 14.8. The molecule has 0 aliphatic heterocycles.